The number of piperidine rings is 1. The van der Waals surface area contributed by atoms with Gasteiger partial charge in [-0.2, -0.15) is 0 Å². The van der Waals surface area contributed by atoms with Crippen molar-refractivity contribution in [2.24, 2.45) is 0 Å². The van der Waals surface area contributed by atoms with E-state index in [-0.39, 0.29) is 0 Å². The lowest BCUT2D eigenvalue weighted by Crippen LogP contribution is -2.33. The van der Waals surface area contributed by atoms with Gasteiger partial charge in [-0.1, -0.05) is 56.2 Å². The molecule has 2 fully saturated rings. The summed E-state index contributed by atoms with van der Waals surface area (Å²) in [6.45, 7) is 10.1. The molecule has 0 aromatic heterocycles. The Hall–Kier alpha value is -2.55. The molecule has 1 aliphatic heterocycles. The van der Waals surface area contributed by atoms with Crippen LogP contribution < -0.4 is 4.74 Å². The van der Waals surface area contributed by atoms with E-state index in [1.165, 1.54) is 48.8 Å². The number of benzene rings is 2. The number of hydrogen-bond donors (Lipinski definition) is 0. The van der Waals surface area contributed by atoms with Crippen LogP contribution in [-0.2, 0) is 4.79 Å². The molecule has 0 bridgehead atoms. The third kappa shape index (κ3) is 5.43. The zero-order valence-corrected chi connectivity index (χ0v) is 19.7. The summed E-state index contributed by atoms with van der Waals surface area (Å²) >= 11 is 0. The van der Waals surface area contributed by atoms with Crippen LogP contribution in [0, 0.1) is 0 Å². The van der Waals surface area contributed by atoms with E-state index >= 15 is 0 Å². The van der Waals surface area contributed by atoms with E-state index in [2.05, 4.69) is 47.9 Å². The van der Waals surface area contributed by atoms with Crippen LogP contribution in [0.3, 0.4) is 0 Å². The van der Waals surface area contributed by atoms with E-state index in [9.17, 15) is 4.79 Å². The Labute approximate surface area is 193 Å². The zero-order chi connectivity index (χ0) is 22.6. The second-order valence-electron chi connectivity index (χ2n) is 10.1. The van der Waals surface area contributed by atoms with Crippen LogP contribution in [0.2, 0.25) is 0 Å². The van der Waals surface area contributed by atoms with Crippen LogP contribution in [0.4, 0.5) is 0 Å². The smallest absolute Gasteiger partial charge is 0.162 e. The monoisotopic (exact) mass is 431 g/mol. The maximum absolute atomic E-state index is 11.3. The first-order valence-corrected chi connectivity index (χ1v) is 12.2. The van der Waals surface area contributed by atoms with Crippen molar-refractivity contribution in [1.29, 1.82) is 0 Å². The molecule has 1 aliphatic carbocycles. The zero-order valence-electron chi connectivity index (χ0n) is 19.7. The minimum absolute atomic E-state index is 0.435. The van der Waals surface area contributed by atoms with Crippen molar-refractivity contribution in [3.63, 3.8) is 0 Å². The summed E-state index contributed by atoms with van der Waals surface area (Å²) in [4.78, 5) is 13.7. The molecule has 1 unspecified atom stereocenters. The fourth-order valence-corrected chi connectivity index (χ4v) is 5.24. The molecule has 1 saturated heterocycles. The molecule has 4 rings (SSSR count). The van der Waals surface area contributed by atoms with Gasteiger partial charge >= 0.3 is 0 Å². The number of aldehydes is 1. The van der Waals surface area contributed by atoms with E-state index in [1.54, 1.807) is 13.8 Å². The van der Waals surface area contributed by atoms with E-state index in [0.717, 1.165) is 43.7 Å². The molecule has 1 saturated carbocycles. The van der Waals surface area contributed by atoms with Gasteiger partial charge in [0.25, 0.3) is 0 Å². The normalized spacial score (nSPS) is 20.1. The molecular weight excluding hydrogens is 394 g/mol. The van der Waals surface area contributed by atoms with Gasteiger partial charge in [-0.25, -0.2) is 0 Å². The van der Waals surface area contributed by atoms with Crippen LogP contribution >= 0.6 is 0 Å². The molecular formula is C29H37NO2. The van der Waals surface area contributed by atoms with Crippen LogP contribution in [0.5, 0.6) is 5.75 Å². The van der Waals surface area contributed by atoms with Crippen LogP contribution in [0.25, 0.3) is 5.70 Å². The van der Waals surface area contributed by atoms with E-state index in [1.807, 2.05) is 12.1 Å². The quantitative estimate of drug-likeness (QED) is 0.445. The fraction of sp³-hybridized carbons (Fsp3) is 0.483. The SMILES string of the molecule is C=C(c1cccc(C2CCCCC2)c1)N1CCCC(c2cccc(OC(C)(C)C=O)c2)C1. The molecule has 170 valence electrons. The second kappa shape index (κ2) is 9.94. The molecule has 1 heterocycles. The van der Waals surface area contributed by atoms with Gasteiger partial charge in [0.15, 0.2) is 11.9 Å². The Kier molecular flexibility index (Phi) is 7.03. The standard InChI is InChI=1S/C29H37NO2/c1-22(24-12-7-13-25(18-24)23-10-5-4-6-11-23)30-17-9-15-27(20-30)26-14-8-16-28(19-26)32-29(2,3)21-31/h7-8,12-14,16,18-19,21,23,27H,1,4-6,9-11,15,17,20H2,2-3H3. The van der Waals surface area contributed by atoms with Crippen molar-refractivity contribution in [3.05, 3.63) is 71.8 Å². The predicted octanol–water partition coefficient (Wildman–Crippen LogP) is 6.94. The number of likely N-dealkylation sites (tertiary alicyclic amines) is 1. The lowest BCUT2D eigenvalue weighted by Gasteiger charge is -2.36. The summed E-state index contributed by atoms with van der Waals surface area (Å²) in [7, 11) is 0. The largest absolute Gasteiger partial charge is 0.480 e. The molecule has 3 nitrogen and oxygen atoms in total. The first-order chi connectivity index (χ1) is 15.4. The molecule has 0 spiro atoms. The highest BCUT2D eigenvalue weighted by Crippen LogP contribution is 2.36. The highest BCUT2D eigenvalue weighted by atomic mass is 16.5. The summed E-state index contributed by atoms with van der Waals surface area (Å²) in [5.74, 6) is 1.91. The Morgan fingerprint density at radius 2 is 1.66 bits per heavy atom. The van der Waals surface area contributed by atoms with Gasteiger partial charge in [0.05, 0.1) is 0 Å². The van der Waals surface area contributed by atoms with Crippen LogP contribution in [0.1, 0.15) is 87.3 Å². The minimum Gasteiger partial charge on any atom is -0.480 e. The van der Waals surface area contributed by atoms with Gasteiger partial charge in [-0.15, -0.1) is 0 Å². The van der Waals surface area contributed by atoms with Crippen LogP contribution in [-0.4, -0.2) is 29.9 Å². The van der Waals surface area contributed by atoms with E-state index in [4.69, 9.17) is 4.74 Å². The highest BCUT2D eigenvalue weighted by molar-refractivity contribution is 5.63. The van der Waals surface area contributed by atoms with Gasteiger partial charge in [-0.05, 0) is 80.3 Å². The molecule has 2 aromatic rings. The Bertz CT molecular complexity index is 942. The fourth-order valence-electron chi connectivity index (χ4n) is 5.24. The molecule has 2 aromatic carbocycles. The number of ether oxygens (including phenoxy) is 1. The molecule has 3 heteroatoms. The van der Waals surface area contributed by atoms with Crippen molar-refractivity contribution in [2.75, 3.05) is 13.1 Å². The summed E-state index contributed by atoms with van der Waals surface area (Å²) in [6, 6.07) is 17.4. The average molecular weight is 432 g/mol. The predicted molar refractivity (Wildman–Crippen MR) is 132 cm³/mol. The van der Waals surface area contributed by atoms with Gasteiger partial charge in [0.1, 0.15) is 5.75 Å². The van der Waals surface area contributed by atoms with Gasteiger partial charge in [0.2, 0.25) is 0 Å². The number of rotatable bonds is 7. The van der Waals surface area contributed by atoms with E-state index in [0.29, 0.717) is 11.8 Å². The first kappa shape index (κ1) is 22.6. The maximum atomic E-state index is 11.3. The van der Waals surface area contributed by atoms with Gasteiger partial charge in [-0.3, -0.25) is 4.79 Å². The number of carbonyl (C=O) groups excluding carboxylic acids is 1. The average Bonchev–Trinajstić information content (AvgIpc) is 2.84. The molecule has 2 aliphatic rings. The highest BCUT2D eigenvalue weighted by Gasteiger charge is 2.25. The van der Waals surface area contributed by atoms with Crippen molar-refractivity contribution in [2.45, 2.75) is 76.2 Å². The Morgan fingerprint density at radius 1 is 0.969 bits per heavy atom. The summed E-state index contributed by atoms with van der Waals surface area (Å²) < 4.78 is 5.90. The third-order valence-corrected chi connectivity index (χ3v) is 7.09. The van der Waals surface area contributed by atoms with Crippen molar-refractivity contribution >= 4 is 12.0 Å². The molecule has 1 atom stereocenters. The number of nitrogens with zero attached hydrogens (tertiary/aromatic N) is 1. The van der Waals surface area contributed by atoms with Gasteiger partial charge in [0, 0.05) is 24.7 Å². The molecule has 0 N–H and O–H groups in total. The molecule has 32 heavy (non-hydrogen) atoms. The van der Waals surface area contributed by atoms with Gasteiger partial charge < -0.3 is 9.64 Å². The molecule has 0 amide bonds. The number of carbonyl (C=O) groups is 1. The first-order valence-electron chi connectivity index (χ1n) is 12.2. The number of hydrogen-bond acceptors (Lipinski definition) is 3. The Morgan fingerprint density at radius 3 is 2.41 bits per heavy atom. The maximum Gasteiger partial charge on any atom is 0.162 e. The summed E-state index contributed by atoms with van der Waals surface area (Å²) in [5, 5.41) is 0. The third-order valence-electron chi connectivity index (χ3n) is 7.09. The molecule has 0 radical (unpaired) electrons. The van der Waals surface area contributed by atoms with Crippen molar-refractivity contribution in [1.82, 2.24) is 4.90 Å². The summed E-state index contributed by atoms with van der Waals surface area (Å²) in [5.41, 5.74) is 4.35. The minimum atomic E-state index is -0.811. The summed E-state index contributed by atoms with van der Waals surface area (Å²) in [6.07, 6.45) is 9.91. The topological polar surface area (TPSA) is 29.5 Å². The second-order valence-corrected chi connectivity index (χ2v) is 10.1. The Balaban J connectivity index is 1.46. The van der Waals surface area contributed by atoms with E-state index < -0.39 is 5.60 Å². The van der Waals surface area contributed by atoms with Crippen molar-refractivity contribution in [3.8, 4) is 5.75 Å². The lowest BCUT2D eigenvalue weighted by molar-refractivity contribution is -0.119. The lowest BCUT2D eigenvalue weighted by atomic mass is 9.83. The van der Waals surface area contributed by atoms with Crippen LogP contribution in [0.15, 0.2) is 55.1 Å². The van der Waals surface area contributed by atoms with Crippen molar-refractivity contribution < 1.29 is 9.53 Å².